The number of nitrogen functional groups attached to an aromatic ring is 1. The summed E-state index contributed by atoms with van der Waals surface area (Å²) in [6.07, 6.45) is 2.22. The predicted octanol–water partition coefficient (Wildman–Crippen LogP) is 1.73. The summed E-state index contributed by atoms with van der Waals surface area (Å²) >= 11 is 0. The summed E-state index contributed by atoms with van der Waals surface area (Å²) < 4.78 is 0. The molecule has 1 aliphatic heterocycles. The molecule has 2 rings (SSSR count). The van der Waals surface area contributed by atoms with Gasteiger partial charge < -0.3 is 16.4 Å². The summed E-state index contributed by atoms with van der Waals surface area (Å²) in [6.45, 7) is 3.17. The number of hydrogen-bond acceptors (Lipinski definition) is 5. The summed E-state index contributed by atoms with van der Waals surface area (Å²) in [4.78, 5) is 10.2. The largest absolute Gasteiger partial charge is 0.393 e. The maximum absolute atomic E-state index is 10.7. The number of nitrogens with zero attached hydrogens (tertiary/aromatic N) is 1. The van der Waals surface area contributed by atoms with Gasteiger partial charge in [-0.3, -0.25) is 10.1 Å². The lowest BCUT2D eigenvalue weighted by Gasteiger charge is -2.31. The van der Waals surface area contributed by atoms with E-state index in [9.17, 15) is 10.1 Å². The zero-order valence-corrected chi connectivity index (χ0v) is 10.3. The van der Waals surface area contributed by atoms with Crippen LogP contribution in [-0.4, -0.2) is 23.6 Å². The third-order valence-electron chi connectivity index (χ3n) is 3.34. The van der Waals surface area contributed by atoms with E-state index >= 15 is 0 Å². The molecule has 98 valence electrons. The number of anilines is 2. The van der Waals surface area contributed by atoms with Crippen LogP contribution in [-0.2, 0) is 0 Å². The van der Waals surface area contributed by atoms with Gasteiger partial charge in [-0.2, -0.15) is 0 Å². The van der Waals surface area contributed by atoms with Gasteiger partial charge in [0.15, 0.2) is 0 Å². The van der Waals surface area contributed by atoms with Crippen LogP contribution in [0.4, 0.5) is 17.1 Å². The molecule has 4 N–H and O–H groups in total. The van der Waals surface area contributed by atoms with Crippen LogP contribution in [0.3, 0.4) is 0 Å². The Bertz CT molecular complexity index is 450. The maximum Gasteiger partial charge on any atom is 0.292 e. The first kappa shape index (κ1) is 12.6. The first-order chi connectivity index (χ1) is 8.58. The Kier molecular flexibility index (Phi) is 3.66. The molecule has 0 aliphatic carbocycles. The number of nitrogens with two attached hydrogens (primary N) is 1. The van der Waals surface area contributed by atoms with Gasteiger partial charge in [-0.1, -0.05) is 0 Å². The number of rotatable bonds is 3. The molecule has 0 saturated carbocycles. The van der Waals surface area contributed by atoms with Crippen LogP contribution in [0.25, 0.3) is 0 Å². The fourth-order valence-electron chi connectivity index (χ4n) is 2.27. The monoisotopic (exact) mass is 250 g/mol. The molecule has 2 unspecified atom stereocenters. The Balaban J connectivity index is 2.10. The number of nitrogens with one attached hydrogen (secondary N) is 2. The highest BCUT2D eigenvalue weighted by Crippen LogP contribution is 2.26. The number of piperidine rings is 1. The van der Waals surface area contributed by atoms with Crippen molar-refractivity contribution in [2.45, 2.75) is 31.8 Å². The summed E-state index contributed by atoms with van der Waals surface area (Å²) in [6, 6.07) is 5.49. The summed E-state index contributed by atoms with van der Waals surface area (Å²) in [7, 11) is 0. The molecular weight excluding hydrogens is 232 g/mol. The van der Waals surface area contributed by atoms with Gasteiger partial charge in [0.2, 0.25) is 0 Å². The van der Waals surface area contributed by atoms with Crippen molar-refractivity contribution in [2.75, 3.05) is 17.6 Å². The Morgan fingerprint density at radius 1 is 1.56 bits per heavy atom. The molecule has 1 heterocycles. The Morgan fingerprint density at radius 3 is 2.94 bits per heavy atom. The van der Waals surface area contributed by atoms with Gasteiger partial charge in [-0.05, 0) is 38.4 Å². The molecule has 1 aromatic carbocycles. The first-order valence-electron chi connectivity index (χ1n) is 6.12. The van der Waals surface area contributed by atoms with Crippen LogP contribution in [0, 0.1) is 10.1 Å². The minimum absolute atomic E-state index is 0.0460. The van der Waals surface area contributed by atoms with Gasteiger partial charge in [-0.15, -0.1) is 0 Å². The van der Waals surface area contributed by atoms with E-state index < -0.39 is 4.92 Å². The molecule has 0 amide bonds. The molecule has 0 aromatic heterocycles. The molecule has 1 aromatic rings. The van der Waals surface area contributed by atoms with E-state index in [1.54, 1.807) is 12.1 Å². The van der Waals surface area contributed by atoms with Crippen LogP contribution in [0.2, 0.25) is 0 Å². The Morgan fingerprint density at radius 2 is 2.33 bits per heavy atom. The highest BCUT2D eigenvalue weighted by molar-refractivity contribution is 5.66. The van der Waals surface area contributed by atoms with Gasteiger partial charge in [0.1, 0.15) is 5.69 Å². The van der Waals surface area contributed by atoms with E-state index in [1.807, 2.05) is 0 Å². The normalized spacial score (nSPS) is 23.6. The topological polar surface area (TPSA) is 93.2 Å². The number of nitro groups is 1. The molecular formula is C12H18N4O2. The number of benzene rings is 1. The molecule has 1 fully saturated rings. The first-order valence-corrected chi connectivity index (χ1v) is 6.12. The van der Waals surface area contributed by atoms with Crippen molar-refractivity contribution >= 4 is 17.1 Å². The average molecular weight is 250 g/mol. The second-order valence-corrected chi connectivity index (χ2v) is 4.67. The second kappa shape index (κ2) is 5.22. The lowest BCUT2D eigenvalue weighted by molar-refractivity contribution is -0.383. The molecule has 0 bridgehead atoms. The van der Waals surface area contributed by atoms with Crippen molar-refractivity contribution in [1.29, 1.82) is 0 Å². The van der Waals surface area contributed by atoms with Crippen LogP contribution in [0.1, 0.15) is 19.8 Å². The quantitative estimate of drug-likeness (QED) is 0.431. The van der Waals surface area contributed by atoms with Crippen LogP contribution >= 0.6 is 0 Å². The van der Waals surface area contributed by atoms with E-state index in [0.717, 1.165) is 25.1 Å². The van der Waals surface area contributed by atoms with Crippen molar-refractivity contribution in [3.63, 3.8) is 0 Å². The summed E-state index contributed by atoms with van der Waals surface area (Å²) in [5.41, 5.74) is 6.65. The maximum atomic E-state index is 10.7. The third-order valence-corrected chi connectivity index (χ3v) is 3.34. The smallest absolute Gasteiger partial charge is 0.292 e. The standard InChI is InChI=1S/C12H18N4O2/c1-8-11(3-2-6-14-8)15-9-4-5-12(16(17)18)10(13)7-9/h4-5,7-8,11,14-15H,2-3,6,13H2,1H3. The van der Waals surface area contributed by atoms with Crippen LogP contribution < -0.4 is 16.4 Å². The summed E-state index contributed by atoms with van der Waals surface area (Å²) in [5.74, 6) is 0. The van der Waals surface area contributed by atoms with Gasteiger partial charge in [0, 0.05) is 23.8 Å². The van der Waals surface area contributed by atoms with Crippen molar-refractivity contribution in [2.24, 2.45) is 0 Å². The molecule has 1 aliphatic rings. The summed E-state index contributed by atoms with van der Waals surface area (Å²) in [5, 5.41) is 17.4. The molecule has 0 spiro atoms. The van der Waals surface area contributed by atoms with E-state index in [4.69, 9.17) is 5.73 Å². The molecule has 6 heteroatoms. The molecule has 2 atom stereocenters. The third kappa shape index (κ3) is 2.70. The fraction of sp³-hybridized carbons (Fsp3) is 0.500. The number of nitro benzene ring substituents is 1. The highest BCUT2D eigenvalue weighted by Gasteiger charge is 2.21. The molecule has 6 nitrogen and oxygen atoms in total. The number of hydrogen-bond donors (Lipinski definition) is 3. The average Bonchev–Trinajstić information content (AvgIpc) is 2.32. The van der Waals surface area contributed by atoms with E-state index in [1.165, 1.54) is 6.07 Å². The Hall–Kier alpha value is -1.82. The SMILES string of the molecule is CC1NCCCC1Nc1ccc([N+](=O)[O-])c(N)c1. The van der Waals surface area contributed by atoms with Crippen LogP contribution in [0.5, 0.6) is 0 Å². The minimum Gasteiger partial charge on any atom is -0.393 e. The minimum atomic E-state index is -0.468. The van der Waals surface area contributed by atoms with E-state index in [2.05, 4.69) is 17.6 Å². The van der Waals surface area contributed by atoms with Crippen LogP contribution in [0.15, 0.2) is 18.2 Å². The van der Waals surface area contributed by atoms with E-state index in [0.29, 0.717) is 12.1 Å². The van der Waals surface area contributed by atoms with E-state index in [-0.39, 0.29) is 11.4 Å². The van der Waals surface area contributed by atoms with Crippen molar-refractivity contribution < 1.29 is 4.92 Å². The highest BCUT2D eigenvalue weighted by atomic mass is 16.6. The Labute approximate surface area is 106 Å². The van der Waals surface area contributed by atoms with Gasteiger partial charge in [-0.25, -0.2) is 0 Å². The lowest BCUT2D eigenvalue weighted by Crippen LogP contribution is -2.46. The van der Waals surface area contributed by atoms with Crippen molar-refractivity contribution in [3.05, 3.63) is 28.3 Å². The van der Waals surface area contributed by atoms with Gasteiger partial charge in [0.25, 0.3) is 5.69 Å². The van der Waals surface area contributed by atoms with Crippen molar-refractivity contribution in [3.8, 4) is 0 Å². The molecule has 1 saturated heterocycles. The van der Waals surface area contributed by atoms with Crippen molar-refractivity contribution in [1.82, 2.24) is 5.32 Å². The zero-order chi connectivity index (χ0) is 13.1. The molecule has 18 heavy (non-hydrogen) atoms. The fourth-order valence-corrected chi connectivity index (χ4v) is 2.27. The van der Waals surface area contributed by atoms with Gasteiger partial charge >= 0.3 is 0 Å². The predicted molar refractivity (Wildman–Crippen MR) is 71.6 cm³/mol. The molecule has 0 radical (unpaired) electrons. The lowest BCUT2D eigenvalue weighted by atomic mass is 9.99. The second-order valence-electron chi connectivity index (χ2n) is 4.67. The van der Waals surface area contributed by atoms with Gasteiger partial charge in [0.05, 0.1) is 4.92 Å². The zero-order valence-electron chi connectivity index (χ0n) is 10.3.